The molecule has 0 heterocycles. The third-order valence-electron chi connectivity index (χ3n) is 7.35. The maximum atomic E-state index is 6.11. The van der Waals surface area contributed by atoms with Gasteiger partial charge in [-0.05, 0) is 75.5 Å². The molecule has 0 atom stereocenters. The first-order valence-electron chi connectivity index (χ1n) is 11.4. The minimum atomic E-state index is 0.202. The Morgan fingerprint density at radius 3 is 2.06 bits per heavy atom. The summed E-state index contributed by atoms with van der Waals surface area (Å²) in [4.78, 5) is 0. The van der Waals surface area contributed by atoms with Gasteiger partial charge in [0.25, 0.3) is 0 Å². The highest BCUT2D eigenvalue weighted by molar-refractivity contribution is 6.30. The van der Waals surface area contributed by atoms with Gasteiger partial charge in [0, 0.05) is 10.4 Å². The predicted molar refractivity (Wildman–Crippen MR) is 132 cm³/mol. The van der Waals surface area contributed by atoms with Gasteiger partial charge in [-0.1, -0.05) is 104 Å². The predicted octanol–water partition coefficient (Wildman–Crippen LogP) is 8.90. The highest BCUT2D eigenvalue weighted by atomic mass is 35.5. The zero-order valence-electron chi connectivity index (χ0n) is 17.6. The summed E-state index contributed by atoms with van der Waals surface area (Å²) in [6.45, 7) is 0. The molecule has 0 aromatic heterocycles. The molecule has 0 nitrogen and oxygen atoms in total. The van der Waals surface area contributed by atoms with Gasteiger partial charge in [0.15, 0.2) is 0 Å². The summed E-state index contributed by atoms with van der Waals surface area (Å²) in [6.07, 6.45) is 6.55. The van der Waals surface area contributed by atoms with E-state index in [1.54, 1.807) is 11.1 Å². The molecule has 2 aliphatic rings. The van der Waals surface area contributed by atoms with Crippen LogP contribution < -0.4 is 0 Å². The molecule has 0 aliphatic heterocycles. The summed E-state index contributed by atoms with van der Waals surface area (Å²) >= 11 is 6.11. The second kappa shape index (κ2) is 7.39. The van der Waals surface area contributed by atoms with Crippen LogP contribution in [-0.4, -0.2) is 0 Å². The Bertz CT molecular complexity index is 1260. The van der Waals surface area contributed by atoms with Crippen LogP contribution in [0.4, 0.5) is 0 Å². The Morgan fingerprint density at radius 2 is 1.23 bits per heavy atom. The molecule has 1 saturated carbocycles. The quantitative estimate of drug-likeness (QED) is 0.303. The van der Waals surface area contributed by atoms with Crippen LogP contribution in [0.3, 0.4) is 0 Å². The average molecular weight is 421 g/mol. The van der Waals surface area contributed by atoms with E-state index in [-0.39, 0.29) is 5.41 Å². The first-order chi connectivity index (χ1) is 15.3. The van der Waals surface area contributed by atoms with Gasteiger partial charge in [0.1, 0.15) is 0 Å². The Kier molecular flexibility index (Phi) is 4.51. The Morgan fingerprint density at radius 1 is 0.548 bits per heavy atom. The molecule has 6 rings (SSSR count). The van der Waals surface area contributed by atoms with Crippen LogP contribution in [0.2, 0.25) is 5.02 Å². The minimum absolute atomic E-state index is 0.202. The van der Waals surface area contributed by atoms with Crippen LogP contribution in [0, 0.1) is 0 Å². The van der Waals surface area contributed by atoms with Gasteiger partial charge < -0.3 is 0 Å². The molecule has 0 saturated heterocycles. The van der Waals surface area contributed by atoms with E-state index < -0.39 is 0 Å². The first kappa shape index (κ1) is 18.9. The second-order valence-electron chi connectivity index (χ2n) is 9.00. The topological polar surface area (TPSA) is 0 Å². The number of hydrogen-bond donors (Lipinski definition) is 0. The van der Waals surface area contributed by atoms with Crippen LogP contribution in [0.15, 0.2) is 91.0 Å². The van der Waals surface area contributed by atoms with Gasteiger partial charge in [-0.3, -0.25) is 0 Å². The van der Waals surface area contributed by atoms with Crippen molar-refractivity contribution in [3.05, 3.63) is 107 Å². The monoisotopic (exact) mass is 420 g/mol. The number of rotatable bonds is 2. The van der Waals surface area contributed by atoms with Gasteiger partial charge in [-0.15, -0.1) is 0 Å². The van der Waals surface area contributed by atoms with Crippen molar-refractivity contribution in [2.24, 2.45) is 0 Å². The SMILES string of the molecule is Clc1ccc(-c2cccc(-c3cccc4c3-c3ccccc3C43CCCCC3)c2)cc1. The summed E-state index contributed by atoms with van der Waals surface area (Å²) in [7, 11) is 0. The molecule has 31 heavy (non-hydrogen) atoms. The van der Waals surface area contributed by atoms with E-state index in [1.807, 2.05) is 12.1 Å². The third kappa shape index (κ3) is 2.97. The van der Waals surface area contributed by atoms with E-state index in [4.69, 9.17) is 11.6 Å². The Balaban J connectivity index is 1.55. The molecule has 1 fully saturated rings. The van der Waals surface area contributed by atoms with Crippen LogP contribution in [-0.2, 0) is 5.41 Å². The molecule has 1 spiro atoms. The van der Waals surface area contributed by atoms with Crippen molar-refractivity contribution in [2.45, 2.75) is 37.5 Å². The van der Waals surface area contributed by atoms with Crippen LogP contribution in [0.5, 0.6) is 0 Å². The van der Waals surface area contributed by atoms with Crippen molar-refractivity contribution in [1.82, 2.24) is 0 Å². The number of benzene rings is 4. The highest BCUT2D eigenvalue weighted by Gasteiger charge is 2.44. The molecule has 0 unspecified atom stereocenters. The second-order valence-corrected chi connectivity index (χ2v) is 9.44. The van der Waals surface area contributed by atoms with Gasteiger partial charge in [-0.25, -0.2) is 0 Å². The van der Waals surface area contributed by atoms with Crippen LogP contribution in [0.25, 0.3) is 33.4 Å². The fourth-order valence-corrected chi connectivity index (χ4v) is 6.07. The summed E-state index contributed by atoms with van der Waals surface area (Å²) in [6, 6.07) is 33.2. The first-order valence-corrected chi connectivity index (χ1v) is 11.7. The lowest BCUT2D eigenvalue weighted by molar-refractivity contribution is 0.353. The summed E-state index contributed by atoms with van der Waals surface area (Å²) < 4.78 is 0. The van der Waals surface area contributed by atoms with Crippen molar-refractivity contribution in [2.75, 3.05) is 0 Å². The van der Waals surface area contributed by atoms with Gasteiger partial charge >= 0.3 is 0 Å². The van der Waals surface area contributed by atoms with E-state index in [2.05, 4.69) is 78.9 Å². The van der Waals surface area contributed by atoms with E-state index in [0.29, 0.717) is 0 Å². The average Bonchev–Trinajstić information content (AvgIpc) is 3.10. The number of halogens is 1. The number of hydrogen-bond acceptors (Lipinski definition) is 0. The zero-order chi connectivity index (χ0) is 20.8. The normalized spacial score (nSPS) is 16.2. The lowest BCUT2D eigenvalue weighted by atomic mass is 9.68. The molecule has 152 valence electrons. The Hall–Kier alpha value is -2.83. The minimum Gasteiger partial charge on any atom is -0.0843 e. The summed E-state index contributed by atoms with van der Waals surface area (Å²) in [5.41, 5.74) is 11.2. The summed E-state index contributed by atoms with van der Waals surface area (Å²) in [5, 5.41) is 0.773. The van der Waals surface area contributed by atoms with Crippen molar-refractivity contribution in [1.29, 1.82) is 0 Å². The lowest BCUT2D eigenvalue weighted by Gasteiger charge is -2.36. The smallest absolute Gasteiger partial charge is 0.0406 e. The standard InChI is InChI=1S/C30H25Cl/c31-24-16-14-21(15-17-24)22-8-6-9-23(20-22)25-11-7-13-28-29(25)26-10-2-3-12-27(26)30(28)18-4-1-5-19-30/h2-3,6-17,20H,1,4-5,18-19H2. The highest BCUT2D eigenvalue weighted by Crippen LogP contribution is 2.57. The van der Waals surface area contributed by atoms with Crippen LogP contribution >= 0.6 is 11.6 Å². The molecule has 1 heteroatoms. The molecule has 4 aromatic carbocycles. The largest absolute Gasteiger partial charge is 0.0843 e. The van der Waals surface area contributed by atoms with E-state index in [9.17, 15) is 0 Å². The molecular formula is C30H25Cl. The molecule has 2 aliphatic carbocycles. The van der Waals surface area contributed by atoms with Crippen molar-refractivity contribution in [3.63, 3.8) is 0 Å². The van der Waals surface area contributed by atoms with Gasteiger partial charge in [0.05, 0.1) is 0 Å². The molecule has 0 amide bonds. The van der Waals surface area contributed by atoms with E-state index in [1.165, 1.54) is 65.5 Å². The molecule has 0 bridgehead atoms. The zero-order valence-corrected chi connectivity index (χ0v) is 18.3. The maximum absolute atomic E-state index is 6.11. The Labute approximate surface area is 189 Å². The molecule has 0 radical (unpaired) electrons. The third-order valence-corrected chi connectivity index (χ3v) is 7.60. The maximum Gasteiger partial charge on any atom is 0.0406 e. The van der Waals surface area contributed by atoms with Gasteiger partial charge in [0.2, 0.25) is 0 Å². The van der Waals surface area contributed by atoms with Crippen LogP contribution in [0.1, 0.15) is 43.2 Å². The summed E-state index contributed by atoms with van der Waals surface area (Å²) in [5.74, 6) is 0. The van der Waals surface area contributed by atoms with Crippen molar-refractivity contribution >= 4 is 11.6 Å². The molecular weight excluding hydrogens is 396 g/mol. The fourth-order valence-electron chi connectivity index (χ4n) is 5.95. The number of fused-ring (bicyclic) bond motifs is 5. The molecule has 4 aromatic rings. The van der Waals surface area contributed by atoms with E-state index in [0.717, 1.165) is 5.02 Å². The molecule has 0 N–H and O–H groups in total. The fraction of sp³-hybridized carbons (Fsp3) is 0.200. The van der Waals surface area contributed by atoms with Crippen molar-refractivity contribution < 1.29 is 0 Å². The van der Waals surface area contributed by atoms with Crippen molar-refractivity contribution in [3.8, 4) is 33.4 Å². The van der Waals surface area contributed by atoms with Gasteiger partial charge in [-0.2, -0.15) is 0 Å². The van der Waals surface area contributed by atoms with E-state index >= 15 is 0 Å². The lowest BCUT2D eigenvalue weighted by Crippen LogP contribution is -2.27.